The predicted molar refractivity (Wildman–Crippen MR) is 70.0 cm³/mol. The maximum Gasteiger partial charge on any atom is 0.257 e. The third kappa shape index (κ3) is 6.62. The van der Waals surface area contributed by atoms with Gasteiger partial charge in [0.25, 0.3) is 6.57 Å². The Kier molecular flexibility index (Phi) is 8.92. The van der Waals surface area contributed by atoms with Gasteiger partial charge in [0.05, 0.1) is 6.61 Å². The fraction of sp³-hybridized carbons (Fsp3) is 1.00. The molecule has 0 radical (unpaired) electrons. The zero-order chi connectivity index (χ0) is 11.7. The topological polar surface area (TPSA) is 29.5 Å². The summed E-state index contributed by atoms with van der Waals surface area (Å²) in [6.45, 7) is 9.39. The van der Waals surface area contributed by atoms with Gasteiger partial charge in [-0.2, -0.15) is 0 Å². The van der Waals surface area contributed by atoms with Crippen LogP contribution in [0.25, 0.3) is 0 Å². The summed E-state index contributed by atoms with van der Waals surface area (Å²) in [6.07, 6.45) is 0.629. The molecule has 0 saturated heterocycles. The molecular weight excluding hydrogens is 229 g/mol. The third-order valence-corrected chi connectivity index (χ3v) is 7.31. The minimum atomic E-state index is -2.39. The zero-order valence-electron chi connectivity index (χ0n) is 10.4. The van der Waals surface area contributed by atoms with E-state index < -0.39 is 6.57 Å². The normalized spacial score (nSPS) is 15.5. The molecule has 0 aliphatic rings. The first-order valence-corrected chi connectivity index (χ1v) is 9.12. The number of rotatable bonds is 9. The molecule has 1 atom stereocenters. The molecule has 0 aliphatic heterocycles. The standard InChI is InChI=1S/C10H24NO2PS/c1-5-11(6-2)9-10-15-14(12,8-4)13-7-3/h5-10H2,1-4H3/t14-/m0/s1. The third-order valence-electron chi connectivity index (χ3n) is 2.30. The zero-order valence-corrected chi connectivity index (χ0v) is 12.1. The Labute approximate surface area is 98.1 Å². The Hall–Kier alpha value is 0.500. The van der Waals surface area contributed by atoms with Crippen LogP contribution in [0.5, 0.6) is 0 Å². The van der Waals surface area contributed by atoms with Crippen LogP contribution >= 0.6 is 18.0 Å². The van der Waals surface area contributed by atoms with Gasteiger partial charge in [0.2, 0.25) is 0 Å². The Bertz CT molecular complexity index is 198. The molecule has 0 fully saturated rings. The molecule has 92 valence electrons. The van der Waals surface area contributed by atoms with Crippen molar-refractivity contribution in [1.82, 2.24) is 4.90 Å². The van der Waals surface area contributed by atoms with Crippen LogP contribution in [0.15, 0.2) is 0 Å². The van der Waals surface area contributed by atoms with Crippen molar-refractivity contribution < 1.29 is 9.09 Å². The monoisotopic (exact) mass is 253 g/mol. The van der Waals surface area contributed by atoms with E-state index in [2.05, 4.69) is 18.7 Å². The van der Waals surface area contributed by atoms with Gasteiger partial charge in [-0.1, -0.05) is 32.2 Å². The van der Waals surface area contributed by atoms with Crippen molar-refractivity contribution >= 4 is 18.0 Å². The Balaban J connectivity index is 3.85. The lowest BCUT2D eigenvalue weighted by Crippen LogP contribution is -2.25. The van der Waals surface area contributed by atoms with Gasteiger partial charge in [0, 0.05) is 18.5 Å². The molecule has 0 aromatic carbocycles. The molecule has 0 rings (SSSR count). The maximum atomic E-state index is 12.1. The lowest BCUT2D eigenvalue weighted by atomic mass is 10.5. The van der Waals surface area contributed by atoms with Crippen molar-refractivity contribution in [3.8, 4) is 0 Å². The van der Waals surface area contributed by atoms with E-state index >= 15 is 0 Å². The first-order valence-electron chi connectivity index (χ1n) is 5.72. The molecule has 0 heterocycles. The smallest absolute Gasteiger partial charge is 0.257 e. The second-order valence-electron chi connectivity index (χ2n) is 3.21. The van der Waals surface area contributed by atoms with Crippen molar-refractivity contribution in [3.05, 3.63) is 0 Å². The van der Waals surface area contributed by atoms with Crippen LogP contribution in [0.4, 0.5) is 0 Å². The van der Waals surface area contributed by atoms with Crippen LogP contribution in [0.1, 0.15) is 27.7 Å². The van der Waals surface area contributed by atoms with E-state index in [0.29, 0.717) is 12.8 Å². The van der Waals surface area contributed by atoms with E-state index in [4.69, 9.17) is 4.52 Å². The Morgan fingerprint density at radius 3 is 2.20 bits per heavy atom. The minimum absolute atomic E-state index is 0.545. The highest BCUT2D eigenvalue weighted by Gasteiger charge is 2.20. The van der Waals surface area contributed by atoms with Crippen LogP contribution < -0.4 is 0 Å². The summed E-state index contributed by atoms with van der Waals surface area (Å²) in [5.74, 6) is 0.896. The second kappa shape index (κ2) is 8.63. The lowest BCUT2D eigenvalue weighted by Gasteiger charge is -2.20. The highest BCUT2D eigenvalue weighted by atomic mass is 32.7. The van der Waals surface area contributed by atoms with Crippen molar-refractivity contribution in [3.63, 3.8) is 0 Å². The van der Waals surface area contributed by atoms with Gasteiger partial charge in [-0.25, -0.2) is 0 Å². The van der Waals surface area contributed by atoms with E-state index in [-0.39, 0.29) is 0 Å². The molecule has 0 saturated carbocycles. The molecule has 15 heavy (non-hydrogen) atoms. The first-order chi connectivity index (χ1) is 7.11. The van der Waals surface area contributed by atoms with E-state index in [0.717, 1.165) is 25.4 Å². The molecule has 3 nitrogen and oxygen atoms in total. The van der Waals surface area contributed by atoms with E-state index in [9.17, 15) is 4.57 Å². The number of hydrogen-bond acceptors (Lipinski definition) is 4. The van der Waals surface area contributed by atoms with Crippen LogP contribution in [0, 0.1) is 0 Å². The molecule has 0 spiro atoms. The van der Waals surface area contributed by atoms with Crippen molar-refractivity contribution in [1.29, 1.82) is 0 Å². The average Bonchev–Trinajstić information content (AvgIpc) is 2.25. The van der Waals surface area contributed by atoms with E-state index in [1.807, 2.05) is 13.8 Å². The molecule has 5 heteroatoms. The van der Waals surface area contributed by atoms with Gasteiger partial charge in [-0.3, -0.25) is 4.57 Å². The summed E-state index contributed by atoms with van der Waals surface area (Å²) >= 11 is 1.50. The highest BCUT2D eigenvalue weighted by molar-refractivity contribution is 8.56. The summed E-state index contributed by atoms with van der Waals surface area (Å²) in [7, 11) is 0. The van der Waals surface area contributed by atoms with Crippen molar-refractivity contribution in [2.24, 2.45) is 0 Å². The van der Waals surface area contributed by atoms with Crippen LogP contribution in [0.2, 0.25) is 0 Å². The summed E-state index contributed by atoms with van der Waals surface area (Å²) in [5, 5.41) is 0. The second-order valence-corrected chi connectivity index (χ2v) is 8.43. The summed E-state index contributed by atoms with van der Waals surface area (Å²) in [4.78, 5) is 2.33. The number of hydrogen-bond donors (Lipinski definition) is 0. The van der Waals surface area contributed by atoms with Gasteiger partial charge in [0.15, 0.2) is 0 Å². The molecule has 0 N–H and O–H groups in total. The quantitative estimate of drug-likeness (QED) is 0.590. The molecular formula is C10H24NO2PS. The highest BCUT2D eigenvalue weighted by Crippen LogP contribution is 2.58. The van der Waals surface area contributed by atoms with Crippen LogP contribution in [-0.4, -0.2) is 43.1 Å². The first kappa shape index (κ1) is 15.5. The SMILES string of the molecule is CCO[P@@](=O)(CC)SCCN(CC)CC. The molecule has 0 amide bonds. The van der Waals surface area contributed by atoms with Crippen molar-refractivity contribution in [2.45, 2.75) is 27.7 Å². The minimum Gasteiger partial charge on any atom is -0.321 e. The fourth-order valence-corrected chi connectivity index (χ4v) is 4.88. The van der Waals surface area contributed by atoms with Crippen molar-refractivity contribution in [2.75, 3.05) is 38.2 Å². The Morgan fingerprint density at radius 1 is 1.20 bits per heavy atom. The summed E-state index contributed by atoms with van der Waals surface area (Å²) in [6, 6.07) is 0. The van der Waals surface area contributed by atoms with Gasteiger partial charge in [-0.15, -0.1) is 0 Å². The molecule has 0 aromatic rings. The lowest BCUT2D eigenvalue weighted by molar-refractivity contribution is 0.323. The van der Waals surface area contributed by atoms with E-state index in [1.165, 1.54) is 11.4 Å². The predicted octanol–water partition coefficient (Wildman–Crippen LogP) is 3.31. The Morgan fingerprint density at radius 2 is 1.80 bits per heavy atom. The molecule has 0 aromatic heterocycles. The largest absolute Gasteiger partial charge is 0.321 e. The molecule has 0 unspecified atom stereocenters. The van der Waals surface area contributed by atoms with Gasteiger partial charge in [0.1, 0.15) is 0 Å². The molecule has 0 aliphatic carbocycles. The van der Waals surface area contributed by atoms with Crippen LogP contribution in [-0.2, 0) is 9.09 Å². The molecule has 0 bridgehead atoms. The maximum absolute atomic E-state index is 12.1. The van der Waals surface area contributed by atoms with Gasteiger partial charge >= 0.3 is 0 Å². The van der Waals surface area contributed by atoms with E-state index in [1.54, 1.807) is 0 Å². The van der Waals surface area contributed by atoms with Crippen LogP contribution in [0.3, 0.4) is 0 Å². The summed E-state index contributed by atoms with van der Waals surface area (Å²) < 4.78 is 17.4. The number of nitrogens with zero attached hydrogens (tertiary/aromatic N) is 1. The van der Waals surface area contributed by atoms with Gasteiger partial charge < -0.3 is 9.42 Å². The fourth-order valence-electron chi connectivity index (χ4n) is 1.27. The summed E-state index contributed by atoms with van der Waals surface area (Å²) in [5.41, 5.74) is 0. The average molecular weight is 253 g/mol. The van der Waals surface area contributed by atoms with Gasteiger partial charge in [-0.05, 0) is 20.0 Å².